The molecule has 0 aliphatic rings. The lowest BCUT2D eigenvalue weighted by atomic mass is 9.90. The molecular formula is C37H28O. The summed E-state index contributed by atoms with van der Waals surface area (Å²) in [5.74, 6) is 0.293. The van der Waals surface area contributed by atoms with Gasteiger partial charge in [-0.05, 0) is 81.3 Å². The van der Waals surface area contributed by atoms with Crippen molar-refractivity contribution in [2.75, 3.05) is 0 Å². The first-order valence-corrected chi connectivity index (χ1v) is 12.9. The molecule has 6 rings (SSSR count). The third-order valence-electron chi connectivity index (χ3n) is 6.99. The second-order valence-electron chi connectivity index (χ2n) is 9.69. The van der Waals surface area contributed by atoms with E-state index in [9.17, 15) is 5.11 Å². The third-order valence-corrected chi connectivity index (χ3v) is 6.99. The fraction of sp³-hybridized carbons (Fsp3) is 0.0270. The van der Waals surface area contributed by atoms with Crippen molar-refractivity contribution in [2.45, 2.75) is 6.92 Å². The van der Waals surface area contributed by atoms with Gasteiger partial charge in [0.25, 0.3) is 0 Å². The van der Waals surface area contributed by atoms with Crippen LogP contribution in [-0.4, -0.2) is 5.11 Å². The highest BCUT2D eigenvalue weighted by Gasteiger charge is 2.15. The SMILES string of the molecule is Cc1cc(-c2ccccc2)cc(-c2cccc(-c3cc(-c4ccccc4)cc(-c4ccccc4)c3)c2O)c1. The molecule has 0 bridgehead atoms. The van der Waals surface area contributed by atoms with E-state index in [0.717, 1.165) is 61.2 Å². The molecule has 0 saturated heterocycles. The lowest BCUT2D eigenvalue weighted by Gasteiger charge is -2.15. The van der Waals surface area contributed by atoms with Gasteiger partial charge in [0, 0.05) is 11.1 Å². The van der Waals surface area contributed by atoms with Crippen LogP contribution in [0.5, 0.6) is 5.75 Å². The van der Waals surface area contributed by atoms with Crippen molar-refractivity contribution < 1.29 is 5.11 Å². The van der Waals surface area contributed by atoms with Gasteiger partial charge in [-0.25, -0.2) is 0 Å². The Morgan fingerprint density at radius 1 is 0.342 bits per heavy atom. The zero-order chi connectivity index (χ0) is 25.9. The van der Waals surface area contributed by atoms with Crippen LogP contribution in [-0.2, 0) is 0 Å². The number of phenols is 1. The second-order valence-corrected chi connectivity index (χ2v) is 9.69. The van der Waals surface area contributed by atoms with Gasteiger partial charge in [-0.1, -0.05) is 121 Å². The van der Waals surface area contributed by atoms with E-state index in [1.807, 2.05) is 36.4 Å². The summed E-state index contributed by atoms with van der Waals surface area (Å²) in [7, 11) is 0. The van der Waals surface area contributed by atoms with Crippen molar-refractivity contribution in [3.8, 4) is 61.4 Å². The van der Waals surface area contributed by atoms with Gasteiger partial charge in [0.1, 0.15) is 5.75 Å². The maximum Gasteiger partial charge on any atom is 0.131 e. The molecule has 0 amide bonds. The summed E-state index contributed by atoms with van der Waals surface area (Å²) in [6, 6.07) is 50.3. The Morgan fingerprint density at radius 2 is 0.684 bits per heavy atom. The molecule has 0 atom stereocenters. The predicted molar refractivity (Wildman–Crippen MR) is 160 cm³/mol. The number of phenolic OH excluding ortho intramolecular Hbond substituents is 1. The number of rotatable bonds is 5. The van der Waals surface area contributed by atoms with Gasteiger partial charge in [-0.3, -0.25) is 0 Å². The van der Waals surface area contributed by atoms with Gasteiger partial charge in [0.15, 0.2) is 0 Å². The van der Waals surface area contributed by atoms with Gasteiger partial charge in [-0.2, -0.15) is 0 Å². The first kappa shape index (κ1) is 23.5. The molecule has 38 heavy (non-hydrogen) atoms. The molecule has 0 heterocycles. The van der Waals surface area contributed by atoms with E-state index in [4.69, 9.17) is 0 Å². The zero-order valence-electron chi connectivity index (χ0n) is 21.3. The molecule has 1 heteroatoms. The molecule has 0 saturated carbocycles. The summed E-state index contributed by atoms with van der Waals surface area (Å²) in [5, 5.41) is 11.7. The van der Waals surface area contributed by atoms with Crippen molar-refractivity contribution >= 4 is 0 Å². The number of hydrogen-bond acceptors (Lipinski definition) is 1. The van der Waals surface area contributed by atoms with Crippen LogP contribution >= 0.6 is 0 Å². The normalized spacial score (nSPS) is 10.9. The number of para-hydroxylation sites is 1. The third kappa shape index (κ3) is 4.75. The highest BCUT2D eigenvalue weighted by molar-refractivity contribution is 5.88. The summed E-state index contributed by atoms with van der Waals surface area (Å²) in [5.41, 5.74) is 11.6. The largest absolute Gasteiger partial charge is 0.507 e. The molecule has 0 aliphatic carbocycles. The van der Waals surface area contributed by atoms with Crippen molar-refractivity contribution in [3.63, 3.8) is 0 Å². The van der Waals surface area contributed by atoms with E-state index >= 15 is 0 Å². The Bertz CT molecular complexity index is 1640. The fourth-order valence-electron chi connectivity index (χ4n) is 5.12. The first-order chi connectivity index (χ1) is 18.7. The van der Waals surface area contributed by atoms with Crippen molar-refractivity contribution in [1.29, 1.82) is 0 Å². The minimum atomic E-state index is 0.293. The molecule has 6 aromatic rings. The number of aromatic hydroxyl groups is 1. The first-order valence-electron chi connectivity index (χ1n) is 12.9. The molecule has 0 spiro atoms. The van der Waals surface area contributed by atoms with Crippen LogP contribution in [0.2, 0.25) is 0 Å². The van der Waals surface area contributed by atoms with E-state index in [-0.39, 0.29) is 0 Å². The molecule has 0 aromatic heterocycles. The molecule has 0 fully saturated rings. The van der Waals surface area contributed by atoms with Gasteiger partial charge < -0.3 is 5.11 Å². The lowest BCUT2D eigenvalue weighted by molar-refractivity contribution is 0.479. The second kappa shape index (κ2) is 10.2. The minimum absolute atomic E-state index is 0.293. The lowest BCUT2D eigenvalue weighted by Crippen LogP contribution is -1.89. The van der Waals surface area contributed by atoms with Crippen LogP contribution in [0, 0.1) is 6.92 Å². The molecule has 0 unspecified atom stereocenters. The van der Waals surface area contributed by atoms with Gasteiger partial charge >= 0.3 is 0 Å². The van der Waals surface area contributed by atoms with E-state index in [1.165, 1.54) is 0 Å². The quantitative estimate of drug-likeness (QED) is 0.256. The zero-order valence-corrected chi connectivity index (χ0v) is 21.3. The van der Waals surface area contributed by atoms with Gasteiger partial charge in [-0.15, -0.1) is 0 Å². The molecular weight excluding hydrogens is 460 g/mol. The maximum absolute atomic E-state index is 11.7. The monoisotopic (exact) mass is 488 g/mol. The standard InChI is InChI=1S/C37H28O/c1-26-20-30(27-12-5-2-6-13-27)23-33(21-26)35-18-11-19-36(37(35)38)34-24-31(28-14-7-3-8-15-28)22-32(25-34)29-16-9-4-10-17-29/h2-25,38H,1H3. The molecule has 6 aromatic carbocycles. The van der Waals surface area contributed by atoms with E-state index in [1.54, 1.807) is 0 Å². The minimum Gasteiger partial charge on any atom is -0.507 e. The number of aryl methyl sites for hydroxylation is 1. The molecule has 1 nitrogen and oxygen atoms in total. The van der Waals surface area contributed by atoms with Crippen molar-refractivity contribution in [2.24, 2.45) is 0 Å². The van der Waals surface area contributed by atoms with Crippen LogP contribution < -0.4 is 0 Å². The summed E-state index contributed by atoms with van der Waals surface area (Å²) >= 11 is 0. The van der Waals surface area contributed by atoms with Crippen molar-refractivity contribution in [3.05, 3.63) is 151 Å². The Morgan fingerprint density at radius 3 is 1.13 bits per heavy atom. The maximum atomic E-state index is 11.7. The topological polar surface area (TPSA) is 20.2 Å². The van der Waals surface area contributed by atoms with E-state index < -0.39 is 0 Å². The molecule has 182 valence electrons. The summed E-state index contributed by atoms with van der Waals surface area (Å²) in [6.07, 6.45) is 0. The Hall–Kier alpha value is -4.88. The molecule has 1 N–H and O–H groups in total. The van der Waals surface area contributed by atoms with Gasteiger partial charge in [0.05, 0.1) is 0 Å². The average molecular weight is 489 g/mol. The van der Waals surface area contributed by atoms with Crippen LogP contribution in [0.15, 0.2) is 146 Å². The van der Waals surface area contributed by atoms with E-state index in [2.05, 4.69) is 116 Å². The fourth-order valence-corrected chi connectivity index (χ4v) is 5.12. The van der Waals surface area contributed by atoms with Crippen LogP contribution in [0.25, 0.3) is 55.6 Å². The Balaban J connectivity index is 1.51. The summed E-state index contributed by atoms with van der Waals surface area (Å²) in [6.45, 7) is 2.10. The van der Waals surface area contributed by atoms with Crippen LogP contribution in [0.1, 0.15) is 5.56 Å². The summed E-state index contributed by atoms with van der Waals surface area (Å²) in [4.78, 5) is 0. The van der Waals surface area contributed by atoms with Gasteiger partial charge in [0.2, 0.25) is 0 Å². The summed E-state index contributed by atoms with van der Waals surface area (Å²) < 4.78 is 0. The molecule has 0 aliphatic heterocycles. The Kier molecular flexibility index (Phi) is 6.34. The van der Waals surface area contributed by atoms with Crippen molar-refractivity contribution in [1.82, 2.24) is 0 Å². The van der Waals surface area contributed by atoms with E-state index in [0.29, 0.717) is 5.75 Å². The highest BCUT2D eigenvalue weighted by Crippen LogP contribution is 2.42. The smallest absolute Gasteiger partial charge is 0.131 e. The molecule has 0 radical (unpaired) electrons. The number of hydrogen-bond donors (Lipinski definition) is 1. The van der Waals surface area contributed by atoms with Crippen LogP contribution in [0.3, 0.4) is 0 Å². The van der Waals surface area contributed by atoms with Crippen LogP contribution in [0.4, 0.5) is 0 Å². The Labute approximate surface area is 224 Å². The predicted octanol–water partition coefficient (Wildman–Crippen LogP) is 10.0. The highest BCUT2D eigenvalue weighted by atomic mass is 16.3. The average Bonchev–Trinajstić information content (AvgIpc) is 2.98. The number of benzene rings is 6.